The minimum absolute atomic E-state index is 0.0345. The molecule has 0 radical (unpaired) electrons. The number of carbonyl (C=O) groups is 1. The molecule has 0 aliphatic rings. The van der Waals surface area contributed by atoms with E-state index in [-0.39, 0.29) is 5.56 Å². The fourth-order valence-electron chi connectivity index (χ4n) is 3.37. The predicted octanol–water partition coefficient (Wildman–Crippen LogP) is 5.22. The number of aromatic nitrogens is 2. The van der Waals surface area contributed by atoms with Crippen LogP contribution in [0, 0.1) is 0 Å². The van der Waals surface area contributed by atoms with Crippen molar-refractivity contribution >= 4 is 39.0 Å². The number of methoxy groups -OCH3 is 2. The van der Waals surface area contributed by atoms with E-state index in [9.17, 15) is 9.90 Å². The van der Waals surface area contributed by atoms with Gasteiger partial charge in [-0.15, -0.1) is 11.3 Å². The number of carboxylic acid groups (broad SMARTS) is 1. The summed E-state index contributed by atoms with van der Waals surface area (Å²) in [7, 11) is 2.95. The van der Waals surface area contributed by atoms with E-state index in [1.54, 1.807) is 6.07 Å². The molecule has 0 amide bonds. The number of benzene rings is 2. The molecule has 2 aromatic heterocycles. The van der Waals surface area contributed by atoms with Crippen molar-refractivity contribution in [3.05, 3.63) is 53.7 Å². The van der Waals surface area contributed by atoms with Gasteiger partial charge in [-0.3, -0.25) is 0 Å². The number of hydrogen-bond donors (Lipinski definition) is 2. The SMILES string of the molecule is CCOc1ccc(-c2csc3ncnc(Nc4cc(OC)c(OC)cc4C(=O)O)c23)cc1. The number of thiophene rings is 1. The van der Waals surface area contributed by atoms with Crippen LogP contribution in [0.1, 0.15) is 17.3 Å². The molecule has 0 fully saturated rings. The van der Waals surface area contributed by atoms with Crippen LogP contribution in [0.25, 0.3) is 21.3 Å². The minimum Gasteiger partial charge on any atom is -0.494 e. The van der Waals surface area contributed by atoms with Crippen LogP contribution in [0.15, 0.2) is 48.1 Å². The first-order valence-electron chi connectivity index (χ1n) is 9.77. The second-order valence-electron chi connectivity index (χ2n) is 6.69. The molecule has 0 bridgehead atoms. The highest BCUT2D eigenvalue weighted by Crippen LogP contribution is 2.40. The highest BCUT2D eigenvalue weighted by atomic mass is 32.1. The van der Waals surface area contributed by atoms with Crippen molar-refractivity contribution in [3.8, 4) is 28.4 Å². The van der Waals surface area contributed by atoms with E-state index >= 15 is 0 Å². The quantitative estimate of drug-likeness (QED) is 0.376. The van der Waals surface area contributed by atoms with E-state index in [1.807, 2.05) is 36.6 Å². The van der Waals surface area contributed by atoms with E-state index in [4.69, 9.17) is 14.2 Å². The van der Waals surface area contributed by atoms with E-state index in [1.165, 1.54) is 38.0 Å². The first-order chi connectivity index (χ1) is 15.5. The van der Waals surface area contributed by atoms with Gasteiger partial charge in [0.15, 0.2) is 11.5 Å². The lowest BCUT2D eigenvalue weighted by Crippen LogP contribution is -2.06. The third-order valence-corrected chi connectivity index (χ3v) is 5.74. The van der Waals surface area contributed by atoms with Crippen molar-refractivity contribution in [2.45, 2.75) is 6.92 Å². The number of nitrogens with one attached hydrogen (secondary N) is 1. The second-order valence-corrected chi connectivity index (χ2v) is 7.55. The Kier molecular flexibility index (Phi) is 6.09. The van der Waals surface area contributed by atoms with Crippen LogP contribution >= 0.6 is 11.3 Å². The molecule has 8 nitrogen and oxygen atoms in total. The number of fused-ring (bicyclic) bond motifs is 1. The van der Waals surface area contributed by atoms with Crippen molar-refractivity contribution in [1.29, 1.82) is 0 Å². The van der Waals surface area contributed by atoms with E-state index in [2.05, 4.69) is 15.3 Å². The Morgan fingerprint density at radius 2 is 1.81 bits per heavy atom. The summed E-state index contributed by atoms with van der Waals surface area (Å²) < 4.78 is 16.1. The van der Waals surface area contributed by atoms with Gasteiger partial charge in [0.2, 0.25) is 0 Å². The van der Waals surface area contributed by atoms with Crippen molar-refractivity contribution in [3.63, 3.8) is 0 Å². The zero-order valence-corrected chi connectivity index (χ0v) is 18.5. The molecule has 32 heavy (non-hydrogen) atoms. The molecular formula is C23H21N3O5S. The second kappa shape index (κ2) is 9.11. The standard InChI is InChI=1S/C23H21N3O5S/c1-4-31-14-7-5-13(6-8-14)16-11-32-22-20(16)21(24-12-25-22)26-17-10-19(30-3)18(29-2)9-15(17)23(27)28/h5-12H,4H2,1-3H3,(H,27,28)(H,24,25,26). The Balaban J connectivity index is 1.81. The molecule has 4 rings (SSSR count). The number of hydrogen-bond acceptors (Lipinski definition) is 8. The van der Waals surface area contributed by atoms with Gasteiger partial charge < -0.3 is 24.6 Å². The number of carboxylic acids is 1. The Labute approximate surface area is 188 Å². The third-order valence-electron chi connectivity index (χ3n) is 4.85. The molecule has 164 valence electrons. The molecule has 0 spiro atoms. The molecule has 0 atom stereocenters. The predicted molar refractivity (Wildman–Crippen MR) is 124 cm³/mol. The third kappa shape index (κ3) is 4.02. The summed E-state index contributed by atoms with van der Waals surface area (Å²) in [5.74, 6) is 0.920. The summed E-state index contributed by atoms with van der Waals surface area (Å²) in [4.78, 5) is 21.4. The zero-order valence-electron chi connectivity index (χ0n) is 17.7. The Morgan fingerprint density at radius 3 is 2.47 bits per heavy atom. The monoisotopic (exact) mass is 451 g/mol. The Morgan fingerprint density at radius 1 is 1.09 bits per heavy atom. The summed E-state index contributed by atoms with van der Waals surface area (Å²) >= 11 is 1.49. The zero-order chi connectivity index (χ0) is 22.7. The summed E-state index contributed by atoms with van der Waals surface area (Å²) in [6.07, 6.45) is 1.45. The molecule has 9 heteroatoms. The maximum Gasteiger partial charge on any atom is 0.337 e. The lowest BCUT2D eigenvalue weighted by atomic mass is 10.1. The van der Waals surface area contributed by atoms with Crippen LogP contribution in [0.3, 0.4) is 0 Å². The molecule has 2 heterocycles. The number of aromatic carboxylic acids is 1. The van der Waals surface area contributed by atoms with Gasteiger partial charge in [0.1, 0.15) is 22.7 Å². The lowest BCUT2D eigenvalue weighted by Gasteiger charge is -2.15. The largest absolute Gasteiger partial charge is 0.494 e. The number of ether oxygens (including phenoxy) is 3. The van der Waals surface area contributed by atoms with Gasteiger partial charge in [-0.1, -0.05) is 12.1 Å². The smallest absolute Gasteiger partial charge is 0.337 e. The maximum absolute atomic E-state index is 11.9. The van der Waals surface area contributed by atoms with Crippen LogP contribution in [-0.4, -0.2) is 41.9 Å². The topological polar surface area (TPSA) is 103 Å². The first kappa shape index (κ1) is 21.4. The molecule has 0 saturated carbocycles. The van der Waals surface area contributed by atoms with Crippen LogP contribution in [0.4, 0.5) is 11.5 Å². The van der Waals surface area contributed by atoms with E-state index in [0.717, 1.165) is 27.1 Å². The lowest BCUT2D eigenvalue weighted by molar-refractivity contribution is 0.0697. The van der Waals surface area contributed by atoms with Gasteiger partial charge >= 0.3 is 5.97 Å². The van der Waals surface area contributed by atoms with Gasteiger partial charge in [0, 0.05) is 23.1 Å². The molecule has 0 unspecified atom stereocenters. The van der Waals surface area contributed by atoms with Crippen LogP contribution in [0.5, 0.6) is 17.2 Å². The normalized spacial score (nSPS) is 10.7. The number of nitrogens with zero attached hydrogens (tertiary/aromatic N) is 2. The molecule has 4 aromatic rings. The van der Waals surface area contributed by atoms with Gasteiger partial charge in [-0.2, -0.15) is 0 Å². The van der Waals surface area contributed by atoms with Gasteiger partial charge in [0.05, 0.1) is 37.5 Å². The summed E-state index contributed by atoms with van der Waals surface area (Å²) in [5.41, 5.74) is 2.28. The summed E-state index contributed by atoms with van der Waals surface area (Å²) in [6, 6.07) is 10.8. The van der Waals surface area contributed by atoms with Crippen molar-refractivity contribution in [2.24, 2.45) is 0 Å². The average Bonchev–Trinajstić information content (AvgIpc) is 3.24. The van der Waals surface area contributed by atoms with Crippen molar-refractivity contribution < 1.29 is 24.1 Å². The van der Waals surface area contributed by atoms with Crippen molar-refractivity contribution in [2.75, 3.05) is 26.1 Å². The first-order valence-corrected chi connectivity index (χ1v) is 10.7. The average molecular weight is 452 g/mol. The molecule has 2 N–H and O–H groups in total. The summed E-state index contributed by atoms with van der Waals surface area (Å²) in [6.45, 7) is 2.54. The van der Waals surface area contributed by atoms with Crippen LogP contribution in [-0.2, 0) is 0 Å². The fraction of sp³-hybridized carbons (Fsp3) is 0.174. The van der Waals surface area contributed by atoms with Gasteiger partial charge in [-0.05, 0) is 24.6 Å². The minimum atomic E-state index is -1.10. The number of anilines is 2. The Hall–Kier alpha value is -3.85. The molecule has 0 saturated heterocycles. The molecular weight excluding hydrogens is 430 g/mol. The number of rotatable bonds is 8. The van der Waals surface area contributed by atoms with Gasteiger partial charge in [0.25, 0.3) is 0 Å². The maximum atomic E-state index is 11.9. The Bertz CT molecular complexity index is 1270. The van der Waals surface area contributed by atoms with Gasteiger partial charge in [-0.25, -0.2) is 14.8 Å². The molecule has 0 aliphatic heterocycles. The fourth-order valence-corrected chi connectivity index (χ4v) is 4.28. The van der Waals surface area contributed by atoms with Crippen LogP contribution in [0.2, 0.25) is 0 Å². The summed E-state index contributed by atoms with van der Waals surface area (Å²) in [5, 5.41) is 15.7. The highest BCUT2D eigenvalue weighted by molar-refractivity contribution is 7.17. The molecule has 0 aliphatic carbocycles. The van der Waals surface area contributed by atoms with Crippen molar-refractivity contribution in [1.82, 2.24) is 9.97 Å². The van der Waals surface area contributed by atoms with Crippen LogP contribution < -0.4 is 19.5 Å². The molecule has 2 aromatic carbocycles. The highest BCUT2D eigenvalue weighted by Gasteiger charge is 2.19. The van der Waals surface area contributed by atoms with E-state index in [0.29, 0.717) is 29.6 Å². The van der Waals surface area contributed by atoms with E-state index < -0.39 is 5.97 Å².